The van der Waals surface area contributed by atoms with Crippen LogP contribution in [0.1, 0.15) is 21.6 Å². The maximum absolute atomic E-state index is 10.8. The first kappa shape index (κ1) is 13.6. The number of pyridine rings is 1. The first-order valence-corrected chi connectivity index (χ1v) is 6.83. The third-order valence-electron chi connectivity index (χ3n) is 3.48. The normalized spacial score (nSPS) is 14.9. The molecule has 1 aromatic carbocycles. The van der Waals surface area contributed by atoms with E-state index in [1.165, 1.54) is 5.56 Å². The molecule has 1 N–H and O–H groups in total. The summed E-state index contributed by atoms with van der Waals surface area (Å²) in [7, 11) is 0. The van der Waals surface area contributed by atoms with Crippen LogP contribution in [-0.4, -0.2) is 34.1 Å². The van der Waals surface area contributed by atoms with Gasteiger partial charge in [-0.3, -0.25) is 4.90 Å². The SMILES string of the molecule is O=C(O)c1ccc(CN2CCOc3ccccc3C2)cn1. The number of para-hydroxylation sites is 1. The van der Waals surface area contributed by atoms with Gasteiger partial charge in [0.25, 0.3) is 0 Å². The smallest absolute Gasteiger partial charge is 0.354 e. The molecule has 3 rings (SSSR count). The van der Waals surface area contributed by atoms with E-state index in [-0.39, 0.29) is 5.69 Å². The number of carboxylic acid groups (broad SMARTS) is 1. The van der Waals surface area contributed by atoms with E-state index in [1.807, 2.05) is 24.3 Å². The van der Waals surface area contributed by atoms with Crippen molar-refractivity contribution in [3.8, 4) is 5.75 Å². The lowest BCUT2D eigenvalue weighted by atomic mass is 10.1. The molecule has 0 saturated heterocycles. The number of rotatable bonds is 3. The summed E-state index contributed by atoms with van der Waals surface area (Å²) >= 11 is 0. The zero-order chi connectivity index (χ0) is 14.7. The van der Waals surface area contributed by atoms with Gasteiger partial charge in [0, 0.05) is 31.4 Å². The van der Waals surface area contributed by atoms with E-state index in [9.17, 15) is 4.79 Å². The lowest BCUT2D eigenvalue weighted by Crippen LogP contribution is -2.25. The summed E-state index contributed by atoms with van der Waals surface area (Å²) in [4.78, 5) is 17.0. The third-order valence-corrected chi connectivity index (χ3v) is 3.48. The van der Waals surface area contributed by atoms with Gasteiger partial charge in [-0.25, -0.2) is 9.78 Å². The Bertz CT molecular complexity index is 640. The molecule has 0 amide bonds. The summed E-state index contributed by atoms with van der Waals surface area (Å²) in [5, 5.41) is 8.85. The van der Waals surface area contributed by atoms with Gasteiger partial charge < -0.3 is 9.84 Å². The number of fused-ring (bicyclic) bond motifs is 1. The monoisotopic (exact) mass is 284 g/mol. The highest BCUT2D eigenvalue weighted by molar-refractivity contribution is 5.85. The van der Waals surface area contributed by atoms with E-state index in [1.54, 1.807) is 12.3 Å². The largest absolute Gasteiger partial charge is 0.492 e. The Morgan fingerprint density at radius 1 is 1.29 bits per heavy atom. The maximum atomic E-state index is 10.8. The Kier molecular flexibility index (Phi) is 3.83. The molecule has 5 heteroatoms. The van der Waals surface area contributed by atoms with Crippen LogP contribution in [0, 0.1) is 0 Å². The number of carboxylic acids is 1. The Morgan fingerprint density at radius 3 is 2.90 bits per heavy atom. The fourth-order valence-electron chi connectivity index (χ4n) is 2.42. The van der Waals surface area contributed by atoms with Crippen LogP contribution < -0.4 is 4.74 Å². The fourth-order valence-corrected chi connectivity index (χ4v) is 2.42. The van der Waals surface area contributed by atoms with Crippen molar-refractivity contribution in [1.29, 1.82) is 0 Å². The molecule has 0 fully saturated rings. The van der Waals surface area contributed by atoms with Crippen LogP contribution in [0.15, 0.2) is 42.6 Å². The van der Waals surface area contributed by atoms with Gasteiger partial charge in [-0.1, -0.05) is 24.3 Å². The van der Waals surface area contributed by atoms with Crippen molar-refractivity contribution in [3.63, 3.8) is 0 Å². The minimum atomic E-state index is -1.00. The van der Waals surface area contributed by atoms with Crippen molar-refractivity contribution in [2.24, 2.45) is 0 Å². The second-order valence-corrected chi connectivity index (χ2v) is 5.02. The first-order chi connectivity index (χ1) is 10.2. The van der Waals surface area contributed by atoms with Crippen LogP contribution in [-0.2, 0) is 13.1 Å². The molecule has 0 unspecified atom stereocenters. The molecule has 0 spiro atoms. The van der Waals surface area contributed by atoms with Gasteiger partial charge in [-0.2, -0.15) is 0 Å². The number of hydrogen-bond acceptors (Lipinski definition) is 4. The number of aromatic carboxylic acids is 1. The summed E-state index contributed by atoms with van der Waals surface area (Å²) in [6.07, 6.45) is 1.63. The van der Waals surface area contributed by atoms with Crippen molar-refractivity contribution < 1.29 is 14.6 Å². The Balaban J connectivity index is 1.71. The fraction of sp³-hybridized carbons (Fsp3) is 0.250. The maximum Gasteiger partial charge on any atom is 0.354 e. The van der Waals surface area contributed by atoms with Crippen LogP contribution in [0.2, 0.25) is 0 Å². The van der Waals surface area contributed by atoms with Crippen LogP contribution in [0.4, 0.5) is 0 Å². The molecule has 1 aliphatic rings. The molecule has 0 atom stereocenters. The molecule has 5 nitrogen and oxygen atoms in total. The average molecular weight is 284 g/mol. The quantitative estimate of drug-likeness (QED) is 0.936. The zero-order valence-electron chi connectivity index (χ0n) is 11.5. The summed E-state index contributed by atoms with van der Waals surface area (Å²) in [6, 6.07) is 11.4. The van der Waals surface area contributed by atoms with Crippen molar-refractivity contribution >= 4 is 5.97 Å². The minimum absolute atomic E-state index is 0.0725. The van der Waals surface area contributed by atoms with E-state index in [0.29, 0.717) is 6.61 Å². The molecule has 0 aliphatic carbocycles. The molecule has 2 aromatic rings. The standard InChI is InChI=1S/C16H16N2O3/c19-16(20)14-6-5-12(9-17-14)10-18-7-8-21-15-4-2-1-3-13(15)11-18/h1-6,9H,7-8,10-11H2,(H,19,20). The third kappa shape index (κ3) is 3.20. The number of ether oxygens (including phenoxy) is 1. The molecule has 108 valence electrons. The summed E-state index contributed by atoms with van der Waals surface area (Å²) < 4.78 is 5.73. The molecule has 21 heavy (non-hydrogen) atoms. The van der Waals surface area contributed by atoms with E-state index >= 15 is 0 Å². The number of nitrogens with zero attached hydrogens (tertiary/aromatic N) is 2. The van der Waals surface area contributed by atoms with Gasteiger partial charge in [-0.15, -0.1) is 0 Å². The lowest BCUT2D eigenvalue weighted by molar-refractivity contribution is 0.0690. The van der Waals surface area contributed by atoms with Gasteiger partial charge in [0.05, 0.1) is 0 Å². The molecule has 1 aromatic heterocycles. The molecule has 0 saturated carbocycles. The first-order valence-electron chi connectivity index (χ1n) is 6.83. The predicted molar refractivity (Wildman–Crippen MR) is 77.2 cm³/mol. The molecule has 2 heterocycles. The van der Waals surface area contributed by atoms with Crippen LogP contribution in [0.5, 0.6) is 5.75 Å². The molecule has 0 bridgehead atoms. The predicted octanol–water partition coefficient (Wildman–Crippen LogP) is 2.17. The van der Waals surface area contributed by atoms with E-state index in [4.69, 9.17) is 9.84 Å². The van der Waals surface area contributed by atoms with E-state index in [0.717, 1.165) is 30.9 Å². The van der Waals surface area contributed by atoms with E-state index in [2.05, 4.69) is 16.0 Å². The molecular weight excluding hydrogens is 268 g/mol. The second-order valence-electron chi connectivity index (χ2n) is 5.02. The Labute approximate surface area is 122 Å². The second kappa shape index (κ2) is 5.93. The van der Waals surface area contributed by atoms with Crippen molar-refractivity contribution in [1.82, 2.24) is 9.88 Å². The summed E-state index contributed by atoms with van der Waals surface area (Å²) in [5.41, 5.74) is 2.24. The molecule has 0 radical (unpaired) electrons. The number of benzene rings is 1. The Morgan fingerprint density at radius 2 is 2.14 bits per heavy atom. The number of hydrogen-bond donors (Lipinski definition) is 1. The van der Waals surface area contributed by atoms with Crippen LogP contribution in [0.3, 0.4) is 0 Å². The summed E-state index contributed by atoms with van der Waals surface area (Å²) in [5.74, 6) is -0.0574. The molecular formula is C16H16N2O3. The molecule has 1 aliphatic heterocycles. The van der Waals surface area contributed by atoms with Crippen molar-refractivity contribution in [3.05, 3.63) is 59.4 Å². The van der Waals surface area contributed by atoms with E-state index < -0.39 is 5.97 Å². The Hall–Kier alpha value is -2.40. The van der Waals surface area contributed by atoms with Crippen molar-refractivity contribution in [2.75, 3.05) is 13.2 Å². The van der Waals surface area contributed by atoms with Gasteiger partial charge >= 0.3 is 5.97 Å². The van der Waals surface area contributed by atoms with Gasteiger partial charge in [-0.05, 0) is 17.7 Å². The van der Waals surface area contributed by atoms with Gasteiger partial charge in [0.1, 0.15) is 18.1 Å². The van der Waals surface area contributed by atoms with Gasteiger partial charge in [0.2, 0.25) is 0 Å². The number of carbonyl (C=O) groups is 1. The van der Waals surface area contributed by atoms with Gasteiger partial charge in [0.15, 0.2) is 0 Å². The van der Waals surface area contributed by atoms with Crippen LogP contribution in [0.25, 0.3) is 0 Å². The highest BCUT2D eigenvalue weighted by atomic mass is 16.5. The zero-order valence-corrected chi connectivity index (χ0v) is 11.5. The number of aromatic nitrogens is 1. The van der Waals surface area contributed by atoms with Crippen molar-refractivity contribution in [2.45, 2.75) is 13.1 Å². The van der Waals surface area contributed by atoms with Crippen LogP contribution >= 0.6 is 0 Å². The topological polar surface area (TPSA) is 62.7 Å². The average Bonchev–Trinajstić information content (AvgIpc) is 2.69. The highest BCUT2D eigenvalue weighted by Crippen LogP contribution is 2.23. The minimum Gasteiger partial charge on any atom is -0.492 e. The lowest BCUT2D eigenvalue weighted by Gasteiger charge is -2.19. The summed E-state index contributed by atoms with van der Waals surface area (Å²) in [6.45, 7) is 3.02. The highest BCUT2D eigenvalue weighted by Gasteiger charge is 2.15.